The van der Waals surface area contributed by atoms with Crippen LogP contribution in [-0.4, -0.2) is 37.0 Å². The lowest BCUT2D eigenvalue weighted by atomic mass is 10.2. The monoisotopic (exact) mass is 419 g/mol. The van der Waals surface area contributed by atoms with Gasteiger partial charge in [0.05, 0.1) is 4.92 Å². The van der Waals surface area contributed by atoms with Crippen molar-refractivity contribution >= 4 is 34.3 Å². The minimum Gasteiger partial charge on any atom is -0.484 e. The summed E-state index contributed by atoms with van der Waals surface area (Å²) in [4.78, 5) is 34.9. The number of hydrogen-bond donors (Lipinski definition) is 2. The molecule has 0 bridgehead atoms. The number of aryl methyl sites for hydroxylation is 1. The molecule has 0 aliphatic heterocycles. The van der Waals surface area contributed by atoms with Crippen LogP contribution >= 0.6 is 0 Å². The number of non-ortho nitro benzene ring substituents is 1. The highest BCUT2D eigenvalue weighted by Crippen LogP contribution is 2.26. The van der Waals surface area contributed by atoms with E-state index in [4.69, 9.17) is 10.5 Å². The first kappa shape index (κ1) is 19.8. The largest absolute Gasteiger partial charge is 0.484 e. The van der Waals surface area contributed by atoms with E-state index >= 15 is 0 Å². The zero-order valence-electron chi connectivity index (χ0n) is 16.3. The Morgan fingerprint density at radius 1 is 1.16 bits per heavy atom. The zero-order valence-corrected chi connectivity index (χ0v) is 16.3. The van der Waals surface area contributed by atoms with Gasteiger partial charge in [-0.3, -0.25) is 14.9 Å². The fourth-order valence-electron chi connectivity index (χ4n) is 2.99. The minimum absolute atomic E-state index is 0.0512. The van der Waals surface area contributed by atoms with Gasteiger partial charge in [0.15, 0.2) is 23.6 Å². The van der Waals surface area contributed by atoms with Crippen LogP contribution < -0.4 is 15.8 Å². The maximum Gasteiger partial charge on any atom is 0.269 e. The molecule has 3 N–H and O–H groups in total. The number of nitrogens with two attached hydrogens (primary N) is 1. The van der Waals surface area contributed by atoms with Crippen molar-refractivity contribution < 1.29 is 14.5 Å². The standard InChI is InChI=1S/C20H17N7O4/c1-26-19(25-17-18(21)22-11-23-20(17)26)12-2-8-15(9-3-12)31-10-16(28)24-13-4-6-14(7-5-13)27(29)30/h2-9,11H,10H2,1H3,(H,24,28)(H2,21,22,23). The maximum absolute atomic E-state index is 12.1. The third-order valence-electron chi connectivity index (χ3n) is 4.53. The number of nitrogens with one attached hydrogen (secondary N) is 1. The van der Waals surface area contributed by atoms with Crippen LogP contribution in [0.1, 0.15) is 0 Å². The molecule has 2 aromatic carbocycles. The lowest BCUT2D eigenvalue weighted by molar-refractivity contribution is -0.384. The predicted molar refractivity (Wildman–Crippen MR) is 113 cm³/mol. The third-order valence-corrected chi connectivity index (χ3v) is 4.53. The number of rotatable bonds is 6. The highest BCUT2D eigenvalue weighted by molar-refractivity contribution is 5.92. The number of carbonyl (C=O) groups is 1. The van der Waals surface area contributed by atoms with Crippen molar-refractivity contribution in [3.63, 3.8) is 0 Å². The lowest BCUT2D eigenvalue weighted by Gasteiger charge is -2.08. The summed E-state index contributed by atoms with van der Waals surface area (Å²) in [6.07, 6.45) is 1.39. The number of carbonyl (C=O) groups excluding carboxylic acids is 1. The van der Waals surface area contributed by atoms with Crippen LogP contribution in [0.5, 0.6) is 5.75 Å². The summed E-state index contributed by atoms with van der Waals surface area (Å²) in [5, 5.41) is 13.3. The average molecular weight is 419 g/mol. The molecule has 2 heterocycles. The van der Waals surface area contributed by atoms with E-state index in [9.17, 15) is 14.9 Å². The van der Waals surface area contributed by atoms with Crippen molar-refractivity contribution in [1.29, 1.82) is 0 Å². The Kier molecular flexibility index (Phi) is 5.14. The molecule has 0 unspecified atom stereocenters. The molecule has 0 saturated heterocycles. The number of ether oxygens (including phenoxy) is 1. The molecule has 0 spiro atoms. The normalized spacial score (nSPS) is 10.7. The smallest absolute Gasteiger partial charge is 0.269 e. The Morgan fingerprint density at radius 3 is 2.52 bits per heavy atom. The van der Waals surface area contributed by atoms with E-state index in [1.807, 2.05) is 23.7 Å². The van der Waals surface area contributed by atoms with Crippen molar-refractivity contribution in [2.24, 2.45) is 7.05 Å². The van der Waals surface area contributed by atoms with Gasteiger partial charge in [-0.1, -0.05) is 0 Å². The number of fused-ring (bicyclic) bond motifs is 1. The highest BCUT2D eigenvalue weighted by atomic mass is 16.6. The molecule has 0 saturated carbocycles. The summed E-state index contributed by atoms with van der Waals surface area (Å²) >= 11 is 0. The second-order valence-corrected chi connectivity index (χ2v) is 6.59. The van der Waals surface area contributed by atoms with Crippen molar-refractivity contribution in [3.8, 4) is 17.1 Å². The van der Waals surface area contributed by atoms with Crippen LogP contribution in [0.15, 0.2) is 54.9 Å². The van der Waals surface area contributed by atoms with Gasteiger partial charge in [0, 0.05) is 30.4 Å². The van der Waals surface area contributed by atoms with Gasteiger partial charge in [-0.05, 0) is 36.4 Å². The van der Waals surface area contributed by atoms with Crippen LogP contribution in [0.25, 0.3) is 22.6 Å². The van der Waals surface area contributed by atoms with Crippen molar-refractivity contribution in [2.75, 3.05) is 17.7 Å². The van der Waals surface area contributed by atoms with Gasteiger partial charge < -0.3 is 20.4 Å². The second kappa shape index (κ2) is 8.06. The van der Waals surface area contributed by atoms with E-state index in [-0.39, 0.29) is 18.2 Å². The number of hydrogen-bond acceptors (Lipinski definition) is 8. The van der Waals surface area contributed by atoms with Gasteiger partial charge >= 0.3 is 0 Å². The number of nitrogen functional groups attached to an aromatic ring is 1. The maximum atomic E-state index is 12.1. The Bertz CT molecular complexity index is 1270. The lowest BCUT2D eigenvalue weighted by Crippen LogP contribution is -2.20. The van der Waals surface area contributed by atoms with Gasteiger partial charge in [0.2, 0.25) is 0 Å². The summed E-state index contributed by atoms with van der Waals surface area (Å²) in [5.74, 6) is 1.10. The van der Waals surface area contributed by atoms with Crippen molar-refractivity contribution in [3.05, 3.63) is 65.0 Å². The van der Waals surface area contributed by atoms with E-state index in [1.54, 1.807) is 12.1 Å². The molecule has 1 amide bonds. The molecule has 2 aromatic heterocycles. The van der Waals surface area contributed by atoms with Gasteiger partial charge in [-0.25, -0.2) is 15.0 Å². The molecule has 0 radical (unpaired) electrons. The minimum atomic E-state index is -0.506. The Hall–Kier alpha value is -4.54. The number of nitrogens with zero attached hydrogens (tertiary/aromatic N) is 5. The molecule has 11 nitrogen and oxygen atoms in total. The Labute approximate surface area is 175 Å². The number of nitro groups is 1. The van der Waals surface area contributed by atoms with Crippen LogP contribution in [-0.2, 0) is 11.8 Å². The third kappa shape index (κ3) is 4.10. The van der Waals surface area contributed by atoms with Crippen LogP contribution in [0.4, 0.5) is 17.2 Å². The first-order valence-corrected chi connectivity index (χ1v) is 9.13. The molecule has 31 heavy (non-hydrogen) atoms. The molecule has 0 aliphatic carbocycles. The molecule has 11 heteroatoms. The fraction of sp³-hybridized carbons (Fsp3) is 0.100. The first-order valence-electron chi connectivity index (χ1n) is 9.13. The summed E-state index contributed by atoms with van der Waals surface area (Å²) in [5.41, 5.74) is 8.24. The van der Waals surface area contributed by atoms with Gasteiger partial charge in [-0.2, -0.15) is 0 Å². The summed E-state index contributed by atoms with van der Waals surface area (Å²) in [6.45, 7) is -0.214. The summed E-state index contributed by atoms with van der Waals surface area (Å²) in [6, 6.07) is 12.6. The highest BCUT2D eigenvalue weighted by Gasteiger charge is 2.14. The zero-order chi connectivity index (χ0) is 22.0. The Balaban J connectivity index is 1.40. The van der Waals surface area contributed by atoms with E-state index in [2.05, 4.69) is 20.3 Å². The van der Waals surface area contributed by atoms with Crippen LogP contribution in [0, 0.1) is 10.1 Å². The van der Waals surface area contributed by atoms with Crippen molar-refractivity contribution in [2.45, 2.75) is 0 Å². The van der Waals surface area contributed by atoms with E-state index in [0.717, 1.165) is 5.56 Å². The van der Waals surface area contributed by atoms with Crippen LogP contribution in [0.3, 0.4) is 0 Å². The fourth-order valence-corrected chi connectivity index (χ4v) is 2.99. The average Bonchev–Trinajstić information content (AvgIpc) is 3.11. The summed E-state index contributed by atoms with van der Waals surface area (Å²) < 4.78 is 7.33. The number of imidazole rings is 1. The summed E-state index contributed by atoms with van der Waals surface area (Å²) in [7, 11) is 1.84. The molecule has 0 aliphatic rings. The SMILES string of the molecule is Cn1c(-c2ccc(OCC(=O)Nc3ccc([N+](=O)[O-])cc3)cc2)nc2c(N)ncnc21. The van der Waals surface area contributed by atoms with E-state index in [1.165, 1.54) is 30.6 Å². The number of aromatic nitrogens is 4. The van der Waals surface area contributed by atoms with Gasteiger partial charge in [0.1, 0.15) is 17.9 Å². The second-order valence-electron chi connectivity index (χ2n) is 6.59. The molecular weight excluding hydrogens is 402 g/mol. The van der Waals surface area contributed by atoms with Crippen LogP contribution in [0.2, 0.25) is 0 Å². The first-order chi connectivity index (χ1) is 14.9. The molecule has 0 atom stereocenters. The molecule has 0 fully saturated rings. The van der Waals surface area contributed by atoms with Gasteiger partial charge in [0.25, 0.3) is 11.6 Å². The topological polar surface area (TPSA) is 151 Å². The van der Waals surface area contributed by atoms with E-state index in [0.29, 0.717) is 34.2 Å². The molecular formula is C20H17N7O4. The van der Waals surface area contributed by atoms with E-state index < -0.39 is 4.92 Å². The number of anilines is 2. The quantitative estimate of drug-likeness (QED) is 0.357. The number of nitro benzene ring substituents is 1. The number of benzene rings is 2. The molecule has 4 rings (SSSR count). The molecule has 4 aromatic rings. The predicted octanol–water partition coefficient (Wildman–Crippen LogP) is 2.54. The number of amides is 1. The Morgan fingerprint density at radius 2 is 1.87 bits per heavy atom. The van der Waals surface area contributed by atoms with Gasteiger partial charge in [-0.15, -0.1) is 0 Å². The molecule has 156 valence electrons. The van der Waals surface area contributed by atoms with Crippen molar-refractivity contribution in [1.82, 2.24) is 19.5 Å².